The highest BCUT2D eigenvalue weighted by Gasteiger charge is 2.14. The Morgan fingerprint density at radius 1 is 1.67 bits per heavy atom. The first-order valence-corrected chi connectivity index (χ1v) is 4.38. The fraction of sp³-hybridized carbons (Fsp3) is 0.300. The lowest BCUT2D eigenvalue weighted by Gasteiger charge is -2.05. The van der Waals surface area contributed by atoms with Crippen molar-refractivity contribution in [2.75, 3.05) is 7.11 Å². The van der Waals surface area contributed by atoms with E-state index in [1.54, 1.807) is 13.0 Å². The Morgan fingerprint density at radius 3 is 2.80 bits per heavy atom. The predicted molar refractivity (Wildman–Crippen MR) is 52.5 cm³/mol. The molecule has 1 rings (SSSR count). The van der Waals surface area contributed by atoms with Crippen LogP contribution in [0.3, 0.4) is 0 Å². The minimum Gasteiger partial charge on any atom is -0.465 e. The maximum Gasteiger partial charge on any atom is 0.339 e. The van der Waals surface area contributed by atoms with Crippen LogP contribution in [-0.4, -0.2) is 18.1 Å². The molecule has 1 heterocycles. The van der Waals surface area contributed by atoms with E-state index >= 15 is 0 Å². The van der Waals surface area contributed by atoms with Gasteiger partial charge in [0.25, 0.3) is 5.56 Å². The van der Waals surface area contributed by atoms with Crippen LogP contribution < -0.4 is 5.56 Å². The van der Waals surface area contributed by atoms with Gasteiger partial charge in [-0.25, -0.2) is 4.79 Å². The normalized spacial score (nSPS) is 9.40. The minimum atomic E-state index is -0.556. The van der Waals surface area contributed by atoms with E-state index in [0.29, 0.717) is 12.1 Å². The summed E-state index contributed by atoms with van der Waals surface area (Å²) in [6.07, 6.45) is 0.491. The van der Waals surface area contributed by atoms with Gasteiger partial charge in [0.1, 0.15) is 11.6 Å². The summed E-state index contributed by atoms with van der Waals surface area (Å²) >= 11 is 0. The van der Waals surface area contributed by atoms with Crippen molar-refractivity contribution in [3.8, 4) is 6.07 Å². The van der Waals surface area contributed by atoms with E-state index < -0.39 is 11.5 Å². The summed E-state index contributed by atoms with van der Waals surface area (Å²) in [7, 11) is 1.25. The Kier molecular flexibility index (Phi) is 3.24. The lowest BCUT2D eigenvalue weighted by Crippen LogP contribution is -2.17. The van der Waals surface area contributed by atoms with Crippen molar-refractivity contribution in [3.63, 3.8) is 0 Å². The summed E-state index contributed by atoms with van der Waals surface area (Å²) in [6.45, 7) is 1.80. The third-order valence-corrected chi connectivity index (χ3v) is 2.00. The number of aryl methyl sites for hydroxylation is 1. The van der Waals surface area contributed by atoms with Crippen LogP contribution in [0.5, 0.6) is 0 Å². The number of hydrogen-bond donors (Lipinski definition) is 1. The number of esters is 1. The molecule has 0 aliphatic rings. The van der Waals surface area contributed by atoms with Crippen molar-refractivity contribution in [2.24, 2.45) is 0 Å². The van der Waals surface area contributed by atoms with Gasteiger partial charge in [-0.3, -0.25) is 4.79 Å². The fourth-order valence-corrected chi connectivity index (χ4v) is 1.22. The maximum atomic E-state index is 11.3. The number of aromatic amines is 1. The molecule has 1 aromatic rings. The Bertz CT molecular complexity index is 482. The van der Waals surface area contributed by atoms with Crippen molar-refractivity contribution >= 4 is 5.97 Å². The molecule has 0 radical (unpaired) electrons. The summed E-state index contributed by atoms with van der Waals surface area (Å²) in [4.78, 5) is 25.1. The average molecular weight is 206 g/mol. The second-order valence-corrected chi connectivity index (χ2v) is 2.86. The highest BCUT2D eigenvalue weighted by Crippen LogP contribution is 2.07. The van der Waals surface area contributed by atoms with Gasteiger partial charge in [-0.15, -0.1) is 0 Å². The number of nitriles is 1. The van der Waals surface area contributed by atoms with Crippen molar-refractivity contribution in [3.05, 3.63) is 33.2 Å². The zero-order valence-corrected chi connectivity index (χ0v) is 8.46. The molecule has 0 saturated carbocycles. The Balaban J connectivity index is 3.43. The first-order chi connectivity index (χ1) is 7.13. The zero-order chi connectivity index (χ0) is 11.4. The second kappa shape index (κ2) is 4.42. The van der Waals surface area contributed by atoms with Crippen molar-refractivity contribution < 1.29 is 9.53 Å². The number of nitrogens with one attached hydrogen (secondary N) is 1. The van der Waals surface area contributed by atoms with E-state index in [2.05, 4.69) is 9.72 Å². The van der Waals surface area contributed by atoms with E-state index in [1.165, 1.54) is 13.2 Å². The molecule has 0 aromatic carbocycles. The SMILES string of the molecule is CCc1[nH]c(=O)c(C#N)cc1C(=O)OC. The van der Waals surface area contributed by atoms with Crippen molar-refractivity contribution in [1.82, 2.24) is 4.98 Å². The van der Waals surface area contributed by atoms with E-state index in [1.807, 2.05) is 0 Å². The van der Waals surface area contributed by atoms with Gasteiger partial charge >= 0.3 is 5.97 Å². The number of nitrogens with zero attached hydrogens (tertiary/aromatic N) is 1. The van der Waals surface area contributed by atoms with Gasteiger partial charge < -0.3 is 9.72 Å². The van der Waals surface area contributed by atoms with E-state index in [4.69, 9.17) is 5.26 Å². The molecule has 15 heavy (non-hydrogen) atoms. The van der Waals surface area contributed by atoms with E-state index in [9.17, 15) is 9.59 Å². The number of methoxy groups -OCH3 is 1. The molecule has 0 atom stereocenters. The molecule has 1 N–H and O–H groups in total. The molecule has 0 saturated heterocycles. The molecule has 0 amide bonds. The zero-order valence-electron chi connectivity index (χ0n) is 8.46. The lowest BCUT2D eigenvalue weighted by molar-refractivity contribution is 0.0599. The Labute approximate surface area is 86.3 Å². The third-order valence-electron chi connectivity index (χ3n) is 2.00. The summed E-state index contributed by atoms with van der Waals surface area (Å²) < 4.78 is 4.55. The van der Waals surface area contributed by atoms with Crippen LogP contribution >= 0.6 is 0 Å². The number of carbonyl (C=O) groups excluding carboxylic acids is 1. The third kappa shape index (κ3) is 2.05. The van der Waals surface area contributed by atoms with Crippen molar-refractivity contribution in [2.45, 2.75) is 13.3 Å². The first-order valence-electron chi connectivity index (χ1n) is 4.38. The Morgan fingerprint density at radius 2 is 2.33 bits per heavy atom. The first kappa shape index (κ1) is 11.0. The monoisotopic (exact) mass is 206 g/mol. The second-order valence-electron chi connectivity index (χ2n) is 2.86. The van der Waals surface area contributed by atoms with Crippen LogP contribution in [0.25, 0.3) is 0 Å². The smallest absolute Gasteiger partial charge is 0.339 e. The molecule has 0 unspecified atom stereocenters. The molecule has 78 valence electrons. The van der Waals surface area contributed by atoms with E-state index in [-0.39, 0.29) is 11.1 Å². The van der Waals surface area contributed by atoms with Gasteiger partial charge in [-0.2, -0.15) is 5.26 Å². The van der Waals surface area contributed by atoms with Gasteiger partial charge in [0.15, 0.2) is 0 Å². The number of aromatic nitrogens is 1. The standard InChI is InChI=1S/C10H10N2O3/c1-3-8-7(10(14)15-2)4-6(5-11)9(13)12-8/h4H,3H2,1-2H3,(H,12,13). The Hall–Kier alpha value is -2.09. The molecule has 1 aromatic heterocycles. The summed E-state index contributed by atoms with van der Waals surface area (Å²) in [6, 6.07) is 2.97. The number of rotatable bonds is 2. The van der Waals surface area contributed by atoms with Gasteiger partial charge in [0, 0.05) is 5.69 Å². The molecule has 0 aliphatic carbocycles. The summed E-state index contributed by atoms with van der Waals surface area (Å²) in [5.41, 5.74) is 0.136. The van der Waals surface area contributed by atoms with Crippen LogP contribution in [0.15, 0.2) is 10.9 Å². The average Bonchev–Trinajstić information content (AvgIpc) is 2.27. The molecule has 5 nitrogen and oxygen atoms in total. The summed E-state index contributed by atoms with van der Waals surface area (Å²) in [5.74, 6) is -0.556. The minimum absolute atomic E-state index is 0.0902. The lowest BCUT2D eigenvalue weighted by atomic mass is 10.1. The number of H-pyrrole nitrogens is 1. The predicted octanol–water partition coefficient (Wildman–Crippen LogP) is 0.596. The largest absolute Gasteiger partial charge is 0.465 e. The highest BCUT2D eigenvalue weighted by molar-refractivity contribution is 5.90. The molecule has 0 spiro atoms. The number of pyridine rings is 1. The highest BCUT2D eigenvalue weighted by atomic mass is 16.5. The van der Waals surface area contributed by atoms with Crippen LogP contribution in [0.2, 0.25) is 0 Å². The molecular formula is C10H10N2O3. The molecule has 0 aliphatic heterocycles. The molecule has 0 fully saturated rings. The number of carbonyl (C=O) groups is 1. The van der Waals surface area contributed by atoms with Gasteiger partial charge in [-0.05, 0) is 12.5 Å². The topological polar surface area (TPSA) is 83.0 Å². The fourth-order valence-electron chi connectivity index (χ4n) is 1.22. The van der Waals surface area contributed by atoms with Gasteiger partial charge in [0.2, 0.25) is 0 Å². The van der Waals surface area contributed by atoms with Crippen LogP contribution in [-0.2, 0) is 11.2 Å². The van der Waals surface area contributed by atoms with Crippen LogP contribution in [0.1, 0.15) is 28.5 Å². The van der Waals surface area contributed by atoms with Gasteiger partial charge in [-0.1, -0.05) is 6.92 Å². The maximum absolute atomic E-state index is 11.3. The van der Waals surface area contributed by atoms with Crippen molar-refractivity contribution in [1.29, 1.82) is 5.26 Å². The molecular weight excluding hydrogens is 196 g/mol. The van der Waals surface area contributed by atoms with E-state index in [0.717, 1.165) is 0 Å². The number of hydrogen-bond acceptors (Lipinski definition) is 4. The summed E-state index contributed by atoms with van der Waals surface area (Å²) in [5, 5.41) is 8.64. The van der Waals surface area contributed by atoms with Crippen LogP contribution in [0, 0.1) is 11.3 Å². The molecule has 5 heteroatoms. The van der Waals surface area contributed by atoms with Crippen LogP contribution in [0.4, 0.5) is 0 Å². The van der Waals surface area contributed by atoms with Gasteiger partial charge in [0.05, 0.1) is 12.7 Å². The quantitative estimate of drug-likeness (QED) is 0.718. The number of ether oxygens (including phenoxy) is 1. The molecule has 0 bridgehead atoms.